The van der Waals surface area contributed by atoms with Crippen molar-refractivity contribution in [2.45, 2.75) is 24.2 Å². The fourth-order valence-corrected chi connectivity index (χ4v) is 2.43. The Kier molecular flexibility index (Phi) is 4.17. The van der Waals surface area contributed by atoms with Crippen LogP contribution in [0.15, 0.2) is 22.8 Å². The maximum Gasteiger partial charge on any atom is 0.0544 e. The van der Waals surface area contributed by atoms with Crippen molar-refractivity contribution in [1.82, 2.24) is 9.88 Å². The minimum atomic E-state index is 0.714. The van der Waals surface area contributed by atoms with Crippen LogP contribution >= 0.6 is 31.9 Å². The fraction of sp³-hybridized carbons (Fsp3) is 0.545. The Morgan fingerprint density at radius 2 is 2.07 bits per heavy atom. The zero-order valence-electron chi connectivity index (χ0n) is 8.50. The zero-order valence-corrected chi connectivity index (χ0v) is 11.7. The van der Waals surface area contributed by atoms with Crippen molar-refractivity contribution in [3.63, 3.8) is 0 Å². The van der Waals surface area contributed by atoms with E-state index in [0.717, 1.165) is 16.7 Å². The number of hydrogen-bond donors (Lipinski definition) is 0. The summed E-state index contributed by atoms with van der Waals surface area (Å²) in [6.45, 7) is 3.33. The summed E-state index contributed by atoms with van der Waals surface area (Å²) >= 11 is 7.06. The molecule has 2 nitrogen and oxygen atoms in total. The zero-order chi connectivity index (χ0) is 10.7. The van der Waals surface area contributed by atoms with Crippen LogP contribution < -0.4 is 0 Å². The van der Waals surface area contributed by atoms with Crippen LogP contribution in [0.4, 0.5) is 0 Å². The Hall–Kier alpha value is 0.0700. The Morgan fingerprint density at radius 3 is 2.67 bits per heavy atom. The highest BCUT2D eigenvalue weighted by atomic mass is 79.9. The van der Waals surface area contributed by atoms with Gasteiger partial charge >= 0.3 is 0 Å². The number of aromatic nitrogens is 1. The highest BCUT2D eigenvalue weighted by Gasteiger charge is 2.16. The molecule has 1 aliphatic rings. The molecule has 15 heavy (non-hydrogen) atoms. The van der Waals surface area contributed by atoms with Crippen molar-refractivity contribution in [2.75, 3.05) is 13.1 Å². The smallest absolute Gasteiger partial charge is 0.0544 e. The van der Waals surface area contributed by atoms with Crippen LogP contribution in [-0.2, 0) is 6.54 Å². The van der Waals surface area contributed by atoms with E-state index in [2.05, 4.69) is 53.9 Å². The van der Waals surface area contributed by atoms with Crippen LogP contribution in [-0.4, -0.2) is 27.8 Å². The molecule has 0 atom stereocenters. The lowest BCUT2D eigenvalue weighted by atomic mass is 10.1. The van der Waals surface area contributed by atoms with Gasteiger partial charge in [-0.2, -0.15) is 0 Å². The third-order valence-electron chi connectivity index (χ3n) is 2.69. The second-order valence-electron chi connectivity index (χ2n) is 3.92. The first-order valence-corrected chi connectivity index (χ1v) is 6.92. The van der Waals surface area contributed by atoms with Gasteiger partial charge in [0.05, 0.1) is 5.69 Å². The summed E-state index contributed by atoms with van der Waals surface area (Å²) in [5.74, 6) is 0. The normalized spacial score (nSPS) is 19.3. The average molecular weight is 334 g/mol. The van der Waals surface area contributed by atoms with Crippen molar-refractivity contribution in [3.05, 3.63) is 28.5 Å². The van der Waals surface area contributed by atoms with E-state index in [1.165, 1.54) is 25.9 Å². The minimum Gasteiger partial charge on any atom is -0.297 e. The van der Waals surface area contributed by atoms with Gasteiger partial charge in [0.15, 0.2) is 0 Å². The molecule has 0 saturated carbocycles. The molecule has 1 aliphatic heterocycles. The topological polar surface area (TPSA) is 16.1 Å². The van der Waals surface area contributed by atoms with Gasteiger partial charge in [0, 0.05) is 22.0 Å². The van der Waals surface area contributed by atoms with Crippen LogP contribution in [0.3, 0.4) is 0 Å². The first kappa shape index (κ1) is 11.6. The molecule has 1 saturated heterocycles. The first-order valence-electron chi connectivity index (χ1n) is 5.21. The molecule has 82 valence electrons. The molecule has 2 heterocycles. The van der Waals surface area contributed by atoms with Crippen molar-refractivity contribution in [2.24, 2.45) is 0 Å². The Labute approximate surface area is 107 Å². The van der Waals surface area contributed by atoms with Gasteiger partial charge in [-0.25, -0.2) is 0 Å². The fourth-order valence-electron chi connectivity index (χ4n) is 1.79. The molecule has 0 spiro atoms. The van der Waals surface area contributed by atoms with Crippen LogP contribution in [0.2, 0.25) is 0 Å². The molecule has 4 heteroatoms. The molecular formula is C11H14Br2N2. The molecule has 1 aromatic rings. The quantitative estimate of drug-likeness (QED) is 0.773. The van der Waals surface area contributed by atoms with Gasteiger partial charge in [0.2, 0.25) is 0 Å². The standard InChI is InChI=1S/C11H14Br2N2/c12-9-3-5-15(6-4-9)8-11-2-1-10(13)7-14-11/h1-2,7,9H,3-6,8H2. The van der Waals surface area contributed by atoms with Gasteiger partial charge in [-0.3, -0.25) is 9.88 Å². The molecule has 2 rings (SSSR count). The SMILES string of the molecule is Brc1ccc(CN2CCC(Br)CC2)nc1. The summed E-state index contributed by atoms with van der Waals surface area (Å²) in [7, 11) is 0. The summed E-state index contributed by atoms with van der Waals surface area (Å²) < 4.78 is 1.05. The van der Waals surface area contributed by atoms with E-state index in [0.29, 0.717) is 4.83 Å². The molecule has 0 aromatic carbocycles. The van der Waals surface area contributed by atoms with Gasteiger partial charge in [0.1, 0.15) is 0 Å². The Balaban J connectivity index is 1.89. The highest BCUT2D eigenvalue weighted by Crippen LogP contribution is 2.18. The summed E-state index contributed by atoms with van der Waals surface area (Å²) in [5, 5.41) is 0. The lowest BCUT2D eigenvalue weighted by Gasteiger charge is -2.28. The summed E-state index contributed by atoms with van der Waals surface area (Å²) in [4.78, 5) is 7.57. The predicted molar refractivity (Wildman–Crippen MR) is 69.2 cm³/mol. The summed E-state index contributed by atoms with van der Waals surface area (Å²) in [6.07, 6.45) is 4.36. The summed E-state index contributed by atoms with van der Waals surface area (Å²) in [6, 6.07) is 4.14. The number of alkyl halides is 1. The molecule has 0 bridgehead atoms. The van der Waals surface area contributed by atoms with E-state index in [4.69, 9.17) is 0 Å². The first-order chi connectivity index (χ1) is 7.24. The molecule has 1 aromatic heterocycles. The number of nitrogens with zero attached hydrogens (tertiary/aromatic N) is 2. The lowest BCUT2D eigenvalue weighted by Crippen LogP contribution is -2.33. The Bertz CT molecular complexity index is 305. The van der Waals surface area contributed by atoms with E-state index in [1.54, 1.807) is 0 Å². The van der Waals surface area contributed by atoms with Gasteiger partial charge in [-0.1, -0.05) is 15.9 Å². The second kappa shape index (κ2) is 5.41. The molecule has 0 unspecified atom stereocenters. The van der Waals surface area contributed by atoms with Crippen molar-refractivity contribution >= 4 is 31.9 Å². The number of halogens is 2. The van der Waals surface area contributed by atoms with Gasteiger partial charge in [0.25, 0.3) is 0 Å². The number of piperidine rings is 1. The molecule has 0 amide bonds. The maximum atomic E-state index is 4.39. The van der Waals surface area contributed by atoms with Gasteiger partial charge in [-0.15, -0.1) is 0 Å². The van der Waals surface area contributed by atoms with Crippen LogP contribution in [0.25, 0.3) is 0 Å². The average Bonchev–Trinajstić information content (AvgIpc) is 2.25. The van der Waals surface area contributed by atoms with E-state index in [-0.39, 0.29) is 0 Å². The molecule has 1 fully saturated rings. The van der Waals surface area contributed by atoms with Crippen LogP contribution in [0, 0.1) is 0 Å². The van der Waals surface area contributed by atoms with Crippen LogP contribution in [0.5, 0.6) is 0 Å². The predicted octanol–water partition coefficient (Wildman–Crippen LogP) is 3.20. The van der Waals surface area contributed by atoms with Crippen molar-refractivity contribution < 1.29 is 0 Å². The third-order valence-corrected chi connectivity index (χ3v) is 4.08. The number of pyridine rings is 1. The second-order valence-corrected chi connectivity index (χ2v) is 6.13. The molecule has 0 radical (unpaired) electrons. The van der Waals surface area contributed by atoms with Crippen molar-refractivity contribution in [3.8, 4) is 0 Å². The van der Waals surface area contributed by atoms with Gasteiger partial charge in [-0.05, 0) is 54.0 Å². The maximum absolute atomic E-state index is 4.39. The number of rotatable bonds is 2. The highest BCUT2D eigenvalue weighted by molar-refractivity contribution is 9.10. The van der Waals surface area contributed by atoms with E-state index >= 15 is 0 Å². The third kappa shape index (κ3) is 3.54. The molecule has 0 N–H and O–H groups in total. The number of likely N-dealkylation sites (tertiary alicyclic amines) is 1. The Morgan fingerprint density at radius 1 is 1.33 bits per heavy atom. The van der Waals surface area contributed by atoms with E-state index < -0.39 is 0 Å². The largest absolute Gasteiger partial charge is 0.297 e. The lowest BCUT2D eigenvalue weighted by molar-refractivity contribution is 0.223. The van der Waals surface area contributed by atoms with Gasteiger partial charge < -0.3 is 0 Å². The molecular weight excluding hydrogens is 320 g/mol. The van der Waals surface area contributed by atoms with E-state index in [9.17, 15) is 0 Å². The monoisotopic (exact) mass is 332 g/mol. The van der Waals surface area contributed by atoms with Crippen LogP contribution in [0.1, 0.15) is 18.5 Å². The minimum absolute atomic E-state index is 0.714. The van der Waals surface area contributed by atoms with Crippen molar-refractivity contribution in [1.29, 1.82) is 0 Å². The summed E-state index contributed by atoms with van der Waals surface area (Å²) in [5.41, 5.74) is 1.16. The van der Waals surface area contributed by atoms with E-state index in [1.807, 2.05) is 6.20 Å². The molecule has 0 aliphatic carbocycles. The number of hydrogen-bond acceptors (Lipinski definition) is 2.